The number of carbonyl (C=O) groups excluding carboxylic acids is 1. The van der Waals surface area contributed by atoms with Crippen LogP contribution in [-0.2, 0) is 10.3 Å². The Morgan fingerprint density at radius 2 is 1.89 bits per heavy atom. The smallest absolute Gasteiger partial charge is 0.421 e. The molecule has 3 aliphatic heterocycles. The van der Waals surface area contributed by atoms with Crippen molar-refractivity contribution in [1.82, 2.24) is 14.9 Å². The number of thiazole rings is 1. The number of piperidine rings is 1. The zero-order chi connectivity index (χ0) is 25.3. The molecule has 8 nitrogen and oxygen atoms in total. The van der Waals surface area contributed by atoms with Crippen molar-refractivity contribution < 1.29 is 32.2 Å². The molecule has 0 spiro atoms. The number of halogens is 3. The Labute approximate surface area is 203 Å². The summed E-state index contributed by atoms with van der Waals surface area (Å²) >= 11 is 1.24. The number of anilines is 1. The summed E-state index contributed by atoms with van der Waals surface area (Å²) in [6, 6.07) is 2.56. The molecule has 3 saturated heterocycles. The highest BCUT2D eigenvalue weighted by molar-refractivity contribution is 7.13. The van der Waals surface area contributed by atoms with E-state index in [4.69, 9.17) is 9.15 Å². The number of fused-ring (bicyclic) bond motifs is 3. The van der Waals surface area contributed by atoms with Crippen LogP contribution in [0.2, 0.25) is 0 Å². The van der Waals surface area contributed by atoms with E-state index >= 15 is 0 Å². The van der Waals surface area contributed by atoms with Gasteiger partial charge in [-0.25, -0.2) is 9.78 Å². The van der Waals surface area contributed by atoms with Crippen molar-refractivity contribution in [2.45, 2.75) is 63.6 Å². The monoisotopic (exact) mass is 510 g/mol. The van der Waals surface area contributed by atoms with Gasteiger partial charge >= 0.3 is 12.3 Å². The quantitative estimate of drug-likeness (QED) is 0.535. The standard InChI is InChI=1S/C23H25F3N4O4S/c1-21(2,3)34-20(31)30-13-9-14(30)11-29(10-13)19-28-16-8-12(22(4,32)23(24,25)26)7-15(17(16)33-19)18-27-5-6-35-18/h5-8,13-14,32H,9-11H2,1-4H3. The van der Waals surface area contributed by atoms with Gasteiger partial charge < -0.3 is 19.2 Å². The largest absolute Gasteiger partial charge is 0.444 e. The number of benzene rings is 1. The van der Waals surface area contributed by atoms with Gasteiger partial charge in [0.15, 0.2) is 11.2 Å². The highest BCUT2D eigenvalue weighted by Crippen LogP contribution is 2.43. The topological polar surface area (TPSA) is 91.9 Å². The van der Waals surface area contributed by atoms with Gasteiger partial charge in [0.2, 0.25) is 0 Å². The van der Waals surface area contributed by atoms with Crippen LogP contribution in [-0.4, -0.2) is 63.0 Å². The Hall–Kier alpha value is -2.86. The Kier molecular flexibility index (Phi) is 5.33. The maximum Gasteiger partial charge on any atom is 0.421 e. The first-order chi connectivity index (χ1) is 16.2. The Morgan fingerprint density at radius 1 is 1.20 bits per heavy atom. The molecule has 35 heavy (non-hydrogen) atoms. The van der Waals surface area contributed by atoms with E-state index in [9.17, 15) is 23.1 Å². The molecule has 3 aliphatic rings. The number of hydrogen-bond acceptors (Lipinski definition) is 8. The van der Waals surface area contributed by atoms with Crippen molar-refractivity contribution in [2.24, 2.45) is 0 Å². The summed E-state index contributed by atoms with van der Waals surface area (Å²) in [5.41, 5.74) is -3.21. The van der Waals surface area contributed by atoms with Crippen molar-refractivity contribution >= 4 is 34.5 Å². The van der Waals surface area contributed by atoms with Gasteiger partial charge in [-0.1, -0.05) is 0 Å². The van der Waals surface area contributed by atoms with Crippen LogP contribution in [0.3, 0.4) is 0 Å². The van der Waals surface area contributed by atoms with Crippen LogP contribution in [0, 0.1) is 0 Å². The van der Waals surface area contributed by atoms with Crippen LogP contribution in [0.25, 0.3) is 21.7 Å². The molecule has 0 radical (unpaired) electrons. The third kappa shape index (κ3) is 4.12. The number of oxazole rings is 1. The fraction of sp³-hybridized carbons (Fsp3) is 0.522. The van der Waals surface area contributed by atoms with Crippen LogP contribution in [0.15, 0.2) is 28.1 Å². The third-order valence-corrected chi connectivity index (χ3v) is 7.13. The predicted octanol–water partition coefficient (Wildman–Crippen LogP) is 4.92. The second-order valence-electron chi connectivity index (χ2n) is 10.1. The molecule has 1 amide bonds. The minimum atomic E-state index is -4.88. The van der Waals surface area contributed by atoms with Gasteiger partial charge in [0.25, 0.3) is 6.01 Å². The minimum Gasteiger partial charge on any atom is -0.444 e. The van der Waals surface area contributed by atoms with Gasteiger partial charge in [-0.05, 0) is 51.8 Å². The summed E-state index contributed by atoms with van der Waals surface area (Å²) in [5, 5.41) is 12.5. The summed E-state index contributed by atoms with van der Waals surface area (Å²) in [6.07, 6.45) is -2.87. The molecule has 12 heteroatoms. The van der Waals surface area contributed by atoms with Crippen molar-refractivity contribution in [2.75, 3.05) is 18.0 Å². The molecule has 1 N–H and O–H groups in total. The molecule has 0 aliphatic carbocycles. The second-order valence-corrected chi connectivity index (χ2v) is 11.0. The number of nitrogens with zero attached hydrogens (tertiary/aromatic N) is 4. The van der Waals surface area contributed by atoms with E-state index < -0.39 is 17.4 Å². The fourth-order valence-corrected chi connectivity index (χ4v) is 5.15. The van der Waals surface area contributed by atoms with Gasteiger partial charge in [0.05, 0.1) is 17.6 Å². The number of carbonyl (C=O) groups is 1. The van der Waals surface area contributed by atoms with E-state index in [-0.39, 0.29) is 35.3 Å². The SMILES string of the molecule is CC(C)(C)OC(=O)N1C2CC1CN(c1nc3cc(C(C)(O)C(F)(F)F)cc(-c4nccs4)c3o1)C2. The van der Waals surface area contributed by atoms with Gasteiger partial charge in [-0.2, -0.15) is 18.2 Å². The molecule has 3 unspecified atom stereocenters. The number of amides is 1. The Balaban J connectivity index is 1.48. The molecular formula is C23H25F3N4O4S. The first-order valence-corrected chi connectivity index (χ1v) is 12.0. The third-order valence-electron chi connectivity index (χ3n) is 6.32. The minimum absolute atomic E-state index is 0.0708. The Bertz CT molecular complexity index is 1250. The van der Waals surface area contributed by atoms with Crippen molar-refractivity contribution in [3.63, 3.8) is 0 Å². The molecule has 6 rings (SSSR count). The molecule has 0 saturated carbocycles. The predicted molar refractivity (Wildman–Crippen MR) is 123 cm³/mol. The van der Waals surface area contributed by atoms with E-state index in [0.29, 0.717) is 36.2 Å². The molecule has 188 valence electrons. The molecule has 3 fully saturated rings. The normalized spacial score (nSPS) is 22.2. The molecule has 2 bridgehead atoms. The van der Waals surface area contributed by atoms with E-state index in [1.54, 1.807) is 16.5 Å². The molecule has 1 aromatic carbocycles. The van der Waals surface area contributed by atoms with Crippen LogP contribution in [0.4, 0.5) is 24.0 Å². The number of ether oxygens (including phenoxy) is 1. The van der Waals surface area contributed by atoms with Gasteiger partial charge in [0.1, 0.15) is 16.1 Å². The lowest BCUT2D eigenvalue weighted by atomic mass is 9.88. The summed E-state index contributed by atoms with van der Waals surface area (Å²) in [4.78, 5) is 24.8. The van der Waals surface area contributed by atoms with Gasteiger partial charge in [0, 0.05) is 24.7 Å². The zero-order valence-electron chi connectivity index (χ0n) is 19.6. The molecule has 3 aromatic rings. The van der Waals surface area contributed by atoms with Crippen LogP contribution in [0.1, 0.15) is 39.7 Å². The number of piperazine rings is 1. The maximum atomic E-state index is 13.6. The zero-order valence-corrected chi connectivity index (χ0v) is 20.4. The summed E-state index contributed by atoms with van der Waals surface area (Å²) in [7, 11) is 0. The maximum absolute atomic E-state index is 13.6. The average Bonchev–Trinajstić information content (AvgIpc) is 3.40. The molecule has 3 atom stereocenters. The van der Waals surface area contributed by atoms with E-state index in [0.717, 1.165) is 6.42 Å². The Morgan fingerprint density at radius 3 is 2.46 bits per heavy atom. The number of aliphatic hydroxyl groups is 1. The summed E-state index contributed by atoms with van der Waals surface area (Å²) in [6.45, 7) is 7.08. The average molecular weight is 511 g/mol. The van der Waals surface area contributed by atoms with Crippen LogP contribution in [0.5, 0.6) is 0 Å². The second kappa shape index (κ2) is 7.82. The lowest BCUT2D eigenvalue weighted by molar-refractivity contribution is -0.258. The first kappa shape index (κ1) is 23.9. The molecule has 2 aromatic heterocycles. The first-order valence-electron chi connectivity index (χ1n) is 11.1. The number of aromatic nitrogens is 2. The van der Waals surface area contributed by atoms with Crippen molar-refractivity contribution in [3.8, 4) is 10.6 Å². The van der Waals surface area contributed by atoms with Crippen molar-refractivity contribution in [1.29, 1.82) is 0 Å². The van der Waals surface area contributed by atoms with Crippen LogP contribution >= 0.6 is 11.3 Å². The van der Waals surface area contributed by atoms with Crippen molar-refractivity contribution in [3.05, 3.63) is 29.3 Å². The van der Waals surface area contributed by atoms with Gasteiger partial charge in [-0.15, -0.1) is 11.3 Å². The number of alkyl halides is 3. The highest BCUT2D eigenvalue weighted by Gasteiger charge is 2.52. The lowest BCUT2D eigenvalue weighted by Crippen LogP contribution is -2.70. The van der Waals surface area contributed by atoms with Gasteiger partial charge in [-0.3, -0.25) is 4.90 Å². The molecule has 5 heterocycles. The summed E-state index contributed by atoms with van der Waals surface area (Å²) < 4.78 is 52.3. The van der Waals surface area contributed by atoms with E-state index in [2.05, 4.69) is 9.97 Å². The number of rotatable bonds is 3. The lowest BCUT2D eigenvalue weighted by Gasteiger charge is -2.55. The fourth-order valence-electron chi connectivity index (χ4n) is 4.49. The van der Waals surface area contributed by atoms with Crippen LogP contribution < -0.4 is 4.90 Å². The van der Waals surface area contributed by atoms with E-state index in [1.165, 1.54) is 23.5 Å². The molecular weight excluding hydrogens is 485 g/mol. The highest BCUT2D eigenvalue weighted by atomic mass is 32.1. The van der Waals surface area contributed by atoms with E-state index in [1.807, 2.05) is 25.7 Å². The number of hydrogen-bond donors (Lipinski definition) is 1. The summed E-state index contributed by atoms with van der Waals surface area (Å²) in [5.74, 6) is 0.